The maximum Gasteiger partial charge on any atom is 0.234 e. The number of nitrogens with one attached hydrogen (secondary N) is 1. The van der Waals surface area contributed by atoms with Gasteiger partial charge in [0.25, 0.3) is 0 Å². The first kappa shape index (κ1) is 17.5. The van der Waals surface area contributed by atoms with Gasteiger partial charge < -0.3 is 14.8 Å². The summed E-state index contributed by atoms with van der Waals surface area (Å²) in [6, 6.07) is 13.3. The molecule has 0 atom stereocenters. The van der Waals surface area contributed by atoms with Crippen LogP contribution >= 0.6 is 23.4 Å². The van der Waals surface area contributed by atoms with E-state index in [1.807, 2.05) is 30.3 Å². The van der Waals surface area contributed by atoms with E-state index in [9.17, 15) is 4.79 Å². The van der Waals surface area contributed by atoms with Crippen molar-refractivity contribution in [2.24, 2.45) is 0 Å². The molecule has 0 aliphatic heterocycles. The van der Waals surface area contributed by atoms with Gasteiger partial charge in [0.1, 0.15) is 11.5 Å². The fraction of sp³-hybridized carbons (Fsp3) is 0.235. The number of carbonyl (C=O) groups is 1. The predicted octanol–water partition coefficient (Wildman–Crippen LogP) is 4.23. The van der Waals surface area contributed by atoms with Gasteiger partial charge in [-0.05, 0) is 5.56 Å². The van der Waals surface area contributed by atoms with Crippen LogP contribution in [-0.2, 0) is 10.5 Å². The Balaban J connectivity index is 1.94. The standard InChI is InChI=1S/C17H18ClNO3S/c1-21-15-9-14(16(22-2)8-13(15)18)19-17(20)11-23-10-12-6-4-3-5-7-12/h3-9H,10-11H2,1-2H3,(H,19,20). The quantitative estimate of drug-likeness (QED) is 0.811. The fourth-order valence-corrected chi connectivity index (χ4v) is 3.00. The average molecular weight is 352 g/mol. The van der Waals surface area contributed by atoms with Gasteiger partial charge in [-0.15, -0.1) is 11.8 Å². The van der Waals surface area contributed by atoms with E-state index in [0.29, 0.717) is 28.0 Å². The maximum atomic E-state index is 12.1. The number of hydrogen-bond donors (Lipinski definition) is 1. The highest BCUT2D eigenvalue weighted by Crippen LogP contribution is 2.35. The number of anilines is 1. The highest BCUT2D eigenvalue weighted by Gasteiger charge is 2.12. The van der Waals surface area contributed by atoms with Gasteiger partial charge in [0.15, 0.2) is 0 Å². The minimum absolute atomic E-state index is 0.103. The third kappa shape index (κ3) is 5.08. The second-order valence-electron chi connectivity index (χ2n) is 4.71. The molecule has 2 aromatic carbocycles. The predicted molar refractivity (Wildman–Crippen MR) is 95.8 cm³/mol. The summed E-state index contributed by atoms with van der Waals surface area (Å²) in [6.07, 6.45) is 0. The molecular weight excluding hydrogens is 334 g/mol. The fourth-order valence-electron chi connectivity index (χ4n) is 1.98. The van der Waals surface area contributed by atoms with Gasteiger partial charge in [0, 0.05) is 17.9 Å². The second-order valence-corrected chi connectivity index (χ2v) is 6.11. The molecule has 0 aliphatic carbocycles. The molecule has 0 unspecified atom stereocenters. The third-order valence-corrected chi connectivity index (χ3v) is 4.39. The summed E-state index contributed by atoms with van der Waals surface area (Å²) >= 11 is 7.60. The largest absolute Gasteiger partial charge is 0.495 e. The van der Waals surface area contributed by atoms with Crippen LogP contribution in [0, 0.1) is 0 Å². The normalized spacial score (nSPS) is 10.2. The molecule has 122 valence electrons. The van der Waals surface area contributed by atoms with Crippen LogP contribution in [0.2, 0.25) is 5.02 Å². The van der Waals surface area contributed by atoms with Gasteiger partial charge in [0.2, 0.25) is 5.91 Å². The topological polar surface area (TPSA) is 47.6 Å². The average Bonchev–Trinajstić information content (AvgIpc) is 2.57. The lowest BCUT2D eigenvalue weighted by Crippen LogP contribution is -2.15. The van der Waals surface area contributed by atoms with Gasteiger partial charge in [0.05, 0.1) is 30.7 Å². The van der Waals surface area contributed by atoms with Gasteiger partial charge in [-0.25, -0.2) is 0 Å². The van der Waals surface area contributed by atoms with E-state index in [1.165, 1.54) is 19.8 Å². The number of carbonyl (C=O) groups excluding carboxylic acids is 1. The Labute approximate surface area is 145 Å². The van der Waals surface area contributed by atoms with E-state index in [4.69, 9.17) is 21.1 Å². The van der Waals surface area contributed by atoms with Crippen LogP contribution in [0.4, 0.5) is 5.69 Å². The Kier molecular flexibility index (Phi) is 6.62. The van der Waals surface area contributed by atoms with Gasteiger partial charge in [-0.2, -0.15) is 0 Å². The first-order valence-corrected chi connectivity index (χ1v) is 8.50. The van der Waals surface area contributed by atoms with Crippen LogP contribution < -0.4 is 14.8 Å². The Bertz CT molecular complexity index is 664. The van der Waals surface area contributed by atoms with Crippen molar-refractivity contribution in [3.8, 4) is 11.5 Å². The SMILES string of the molecule is COc1cc(NC(=O)CSCc2ccccc2)c(OC)cc1Cl. The number of rotatable bonds is 7. The lowest BCUT2D eigenvalue weighted by atomic mass is 10.2. The summed E-state index contributed by atoms with van der Waals surface area (Å²) < 4.78 is 10.4. The lowest BCUT2D eigenvalue weighted by molar-refractivity contribution is -0.113. The molecule has 1 amide bonds. The monoisotopic (exact) mass is 351 g/mol. The second kappa shape index (κ2) is 8.70. The molecule has 2 rings (SSSR count). The molecule has 0 bridgehead atoms. The summed E-state index contributed by atoms with van der Waals surface area (Å²) in [5.74, 6) is 2.02. The Morgan fingerprint density at radius 3 is 2.48 bits per heavy atom. The molecule has 0 spiro atoms. The van der Waals surface area contributed by atoms with Crippen molar-refractivity contribution >= 4 is 35.0 Å². The van der Waals surface area contributed by atoms with Crippen molar-refractivity contribution in [2.45, 2.75) is 5.75 Å². The number of thioether (sulfide) groups is 1. The molecule has 6 heteroatoms. The van der Waals surface area contributed by atoms with Crippen LogP contribution in [0.1, 0.15) is 5.56 Å². The summed E-state index contributed by atoms with van der Waals surface area (Å²) in [5.41, 5.74) is 1.73. The van der Waals surface area contributed by atoms with Crippen molar-refractivity contribution < 1.29 is 14.3 Å². The van der Waals surface area contributed by atoms with Crippen molar-refractivity contribution in [2.75, 3.05) is 25.3 Å². The summed E-state index contributed by atoms with van der Waals surface area (Å²) in [4.78, 5) is 12.1. The van der Waals surface area contributed by atoms with E-state index >= 15 is 0 Å². The Morgan fingerprint density at radius 2 is 1.83 bits per heavy atom. The molecule has 23 heavy (non-hydrogen) atoms. The first-order valence-electron chi connectivity index (χ1n) is 6.97. The van der Waals surface area contributed by atoms with E-state index in [-0.39, 0.29) is 5.91 Å². The molecular formula is C17H18ClNO3S. The number of ether oxygens (including phenoxy) is 2. The number of hydrogen-bond acceptors (Lipinski definition) is 4. The third-order valence-electron chi connectivity index (χ3n) is 3.09. The highest BCUT2D eigenvalue weighted by molar-refractivity contribution is 7.99. The van der Waals surface area contributed by atoms with Gasteiger partial charge in [-0.3, -0.25) is 4.79 Å². The number of halogens is 1. The summed E-state index contributed by atoms with van der Waals surface area (Å²) in [5, 5.41) is 3.26. The smallest absolute Gasteiger partial charge is 0.234 e. The lowest BCUT2D eigenvalue weighted by Gasteiger charge is -2.13. The summed E-state index contributed by atoms with van der Waals surface area (Å²) in [7, 11) is 3.05. The van der Waals surface area contributed by atoms with E-state index < -0.39 is 0 Å². The van der Waals surface area contributed by atoms with Crippen LogP contribution in [-0.4, -0.2) is 25.9 Å². The van der Waals surface area contributed by atoms with Crippen molar-refractivity contribution in [3.63, 3.8) is 0 Å². The molecule has 4 nitrogen and oxygen atoms in total. The van der Waals surface area contributed by atoms with Crippen LogP contribution in [0.15, 0.2) is 42.5 Å². The molecule has 0 saturated heterocycles. The summed E-state index contributed by atoms with van der Waals surface area (Å²) in [6.45, 7) is 0. The van der Waals surface area contributed by atoms with Crippen molar-refractivity contribution in [1.82, 2.24) is 0 Å². The maximum absolute atomic E-state index is 12.1. The number of benzene rings is 2. The first-order chi connectivity index (χ1) is 11.1. The van der Waals surface area contributed by atoms with Crippen LogP contribution in [0.3, 0.4) is 0 Å². The van der Waals surface area contributed by atoms with E-state index in [1.54, 1.807) is 23.9 Å². The molecule has 0 aliphatic rings. The molecule has 0 heterocycles. The molecule has 0 fully saturated rings. The number of amides is 1. The Hall–Kier alpha value is -1.85. The minimum Gasteiger partial charge on any atom is -0.495 e. The molecule has 1 N–H and O–H groups in total. The van der Waals surface area contributed by atoms with E-state index in [0.717, 1.165) is 5.75 Å². The highest BCUT2D eigenvalue weighted by atomic mass is 35.5. The molecule has 0 saturated carbocycles. The zero-order valence-corrected chi connectivity index (χ0v) is 14.5. The van der Waals surface area contributed by atoms with E-state index in [2.05, 4.69) is 5.32 Å². The zero-order valence-electron chi connectivity index (χ0n) is 13.0. The van der Waals surface area contributed by atoms with Crippen molar-refractivity contribution in [1.29, 1.82) is 0 Å². The van der Waals surface area contributed by atoms with Gasteiger partial charge in [-0.1, -0.05) is 41.9 Å². The van der Waals surface area contributed by atoms with Gasteiger partial charge >= 0.3 is 0 Å². The number of methoxy groups -OCH3 is 2. The van der Waals surface area contributed by atoms with Crippen LogP contribution in [0.25, 0.3) is 0 Å². The zero-order chi connectivity index (χ0) is 16.7. The molecule has 0 radical (unpaired) electrons. The Morgan fingerprint density at radius 1 is 1.13 bits per heavy atom. The molecule has 0 aromatic heterocycles. The molecule has 2 aromatic rings. The van der Waals surface area contributed by atoms with Crippen molar-refractivity contribution in [3.05, 3.63) is 53.1 Å². The van der Waals surface area contributed by atoms with Crippen LogP contribution in [0.5, 0.6) is 11.5 Å². The minimum atomic E-state index is -0.103.